The first-order valence-corrected chi connectivity index (χ1v) is 5.24. The lowest BCUT2D eigenvalue weighted by Crippen LogP contribution is -2.44. The van der Waals surface area contributed by atoms with Crippen molar-refractivity contribution in [1.29, 1.82) is 0 Å². The van der Waals surface area contributed by atoms with E-state index in [1.807, 2.05) is 0 Å². The van der Waals surface area contributed by atoms with Gasteiger partial charge in [-0.3, -0.25) is 0 Å². The maximum atomic E-state index is 11.4. The molecule has 0 aliphatic carbocycles. The van der Waals surface area contributed by atoms with E-state index in [9.17, 15) is 4.79 Å². The van der Waals surface area contributed by atoms with E-state index in [0.29, 0.717) is 24.7 Å². The van der Waals surface area contributed by atoms with Crippen molar-refractivity contribution < 1.29 is 19.0 Å². The van der Waals surface area contributed by atoms with Gasteiger partial charge in [-0.1, -0.05) is 6.58 Å². The Morgan fingerprint density at radius 2 is 2.27 bits per heavy atom. The Labute approximate surface area is 89.2 Å². The molecule has 2 aliphatic rings. The normalized spacial score (nSPS) is 34.6. The predicted octanol–water partition coefficient (Wildman–Crippen LogP) is 0.910. The lowest BCUT2D eigenvalue weighted by molar-refractivity contribution is -0.167. The molecule has 0 saturated carbocycles. The molecular formula is C11H16O4. The maximum Gasteiger partial charge on any atom is 0.333 e. The summed E-state index contributed by atoms with van der Waals surface area (Å²) < 4.78 is 16.2. The molecule has 2 rings (SSSR count). The summed E-state index contributed by atoms with van der Waals surface area (Å²) >= 11 is 0. The summed E-state index contributed by atoms with van der Waals surface area (Å²) in [6, 6.07) is 0. The van der Waals surface area contributed by atoms with Gasteiger partial charge in [0.15, 0.2) is 6.10 Å². The van der Waals surface area contributed by atoms with Crippen LogP contribution in [0.15, 0.2) is 12.2 Å². The van der Waals surface area contributed by atoms with Gasteiger partial charge in [0, 0.05) is 18.1 Å². The Bertz CT molecular complexity index is 274. The number of rotatable bonds is 2. The summed E-state index contributed by atoms with van der Waals surface area (Å²) in [5.41, 5.74) is 0.412. The molecule has 0 amide bonds. The number of carbonyl (C=O) groups excluding carboxylic acids is 1. The van der Waals surface area contributed by atoms with Crippen LogP contribution in [0.2, 0.25) is 0 Å². The Balaban J connectivity index is 1.96. The van der Waals surface area contributed by atoms with Gasteiger partial charge in [0.25, 0.3) is 0 Å². The van der Waals surface area contributed by atoms with E-state index in [1.165, 1.54) is 0 Å². The molecule has 3 atom stereocenters. The molecule has 15 heavy (non-hydrogen) atoms. The second-order valence-electron chi connectivity index (χ2n) is 4.15. The molecule has 3 unspecified atom stereocenters. The first-order valence-electron chi connectivity index (χ1n) is 5.24. The average molecular weight is 212 g/mol. The summed E-state index contributed by atoms with van der Waals surface area (Å²) in [4.78, 5) is 11.4. The third kappa shape index (κ3) is 2.21. The first kappa shape index (κ1) is 10.6. The van der Waals surface area contributed by atoms with Gasteiger partial charge in [0.2, 0.25) is 0 Å². The maximum absolute atomic E-state index is 11.4. The van der Waals surface area contributed by atoms with Gasteiger partial charge in [-0.15, -0.1) is 0 Å². The number of ether oxygens (including phenoxy) is 3. The van der Waals surface area contributed by atoms with Gasteiger partial charge >= 0.3 is 5.97 Å². The molecule has 0 radical (unpaired) electrons. The Morgan fingerprint density at radius 3 is 3.00 bits per heavy atom. The van der Waals surface area contributed by atoms with Crippen LogP contribution in [0.1, 0.15) is 13.3 Å². The van der Waals surface area contributed by atoms with Crippen LogP contribution in [0.4, 0.5) is 0 Å². The minimum Gasteiger partial charge on any atom is -0.454 e. The van der Waals surface area contributed by atoms with E-state index in [4.69, 9.17) is 14.2 Å². The van der Waals surface area contributed by atoms with Crippen molar-refractivity contribution in [3.63, 3.8) is 0 Å². The number of esters is 1. The van der Waals surface area contributed by atoms with Crippen molar-refractivity contribution in [2.24, 2.45) is 5.92 Å². The SMILES string of the molecule is C=C(C)C(=O)OC1COCC2CCOC21. The van der Waals surface area contributed by atoms with Crippen molar-refractivity contribution >= 4 is 5.97 Å². The molecule has 0 aromatic rings. The van der Waals surface area contributed by atoms with Gasteiger partial charge in [-0.05, 0) is 13.3 Å². The number of hydrogen-bond donors (Lipinski definition) is 0. The van der Waals surface area contributed by atoms with E-state index in [-0.39, 0.29) is 18.2 Å². The molecule has 4 heteroatoms. The Morgan fingerprint density at radius 1 is 1.47 bits per heavy atom. The van der Waals surface area contributed by atoms with Crippen molar-refractivity contribution in [1.82, 2.24) is 0 Å². The summed E-state index contributed by atoms with van der Waals surface area (Å²) in [6.45, 7) is 7.07. The van der Waals surface area contributed by atoms with E-state index in [2.05, 4.69) is 6.58 Å². The zero-order valence-corrected chi connectivity index (χ0v) is 8.90. The molecule has 2 fully saturated rings. The summed E-state index contributed by atoms with van der Waals surface area (Å²) in [6.07, 6.45) is 0.740. The zero-order chi connectivity index (χ0) is 10.8. The molecule has 0 spiro atoms. The highest BCUT2D eigenvalue weighted by Crippen LogP contribution is 2.29. The van der Waals surface area contributed by atoms with E-state index >= 15 is 0 Å². The van der Waals surface area contributed by atoms with Crippen LogP contribution < -0.4 is 0 Å². The van der Waals surface area contributed by atoms with E-state index < -0.39 is 0 Å². The third-order valence-electron chi connectivity index (χ3n) is 2.85. The second-order valence-corrected chi connectivity index (χ2v) is 4.15. The highest BCUT2D eigenvalue weighted by atomic mass is 16.6. The molecular weight excluding hydrogens is 196 g/mol. The van der Waals surface area contributed by atoms with Gasteiger partial charge in [0.05, 0.1) is 13.2 Å². The lowest BCUT2D eigenvalue weighted by atomic mass is 9.96. The molecule has 0 bridgehead atoms. The molecule has 2 aliphatic heterocycles. The van der Waals surface area contributed by atoms with Crippen molar-refractivity contribution in [2.45, 2.75) is 25.6 Å². The standard InChI is InChI=1S/C11H16O4/c1-7(2)11(12)15-9-6-13-5-8-3-4-14-10(8)9/h8-10H,1,3-6H2,2H3. The molecule has 4 nitrogen and oxygen atoms in total. The highest BCUT2D eigenvalue weighted by molar-refractivity contribution is 5.87. The number of hydrogen-bond acceptors (Lipinski definition) is 4. The van der Waals surface area contributed by atoms with Crippen LogP contribution in [-0.2, 0) is 19.0 Å². The average Bonchev–Trinajstić information content (AvgIpc) is 2.66. The molecule has 2 saturated heterocycles. The first-order chi connectivity index (χ1) is 7.18. The van der Waals surface area contributed by atoms with Crippen LogP contribution in [0.25, 0.3) is 0 Å². The fraction of sp³-hybridized carbons (Fsp3) is 0.727. The Hall–Kier alpha value is -0.870. The highest BCUT2D eigenvalue weighted by Gasteiger charge is 2.40. The molecule has 2 heterocycles. The fourth-order valence-corrected chi connectivity index (χ4v) is 2.01. The second kappa shape index (κ2) is 4.33. The van der Waals surface area contributed by atoms with E-state index in [1.54, 1.807) is 6.92 Å². The van der Waals surface area contributed by atoms with Crippen LogP contribution in [0, 0.1) is 5.92 Å². The lowest BCUT2D eigenvalue weighted by Gasteiger charge is -2.32. The summed E-state index contributed by atoms with van der Waals surface area (Å²) in [7, 11) is 0. The van der Waals surface area contributed by atoms with Crippen molar-refractivity contribution in [2.75, 3.05) is 19.8 Å². The minimum absolute atomic E-state index is 0.0158. The summed E-state index contributed by atoms with van der Waals surface area (Å²) in [5, 5.41) is 0. The monoisotopic (exact) mass is 212 g/mol. The smallest absolute Gasteiger partial charge is 0.333 e. The van der Waals surface area contributed by atoms with Gasteiger partial charge in [-0.2, -0.15) is 0 Å². The minimum atomic E-state index is -0.361. The van der Waals surface area contributed by atoms with Crippen LogP contribution in [-0.4, -0.2) is 38.0 Å². The van der Waals surface area contributed by atoms with Crippen LogP contribution in [0.5, 0.6) is 0 Å². The molecule has 84 valence electrons. The third-order valence-corrected chi connectivity index (χ3v) is 2.85. The van der Waals surface area contributed by atoms with Gasteiger partial charge in [-0.25, -0.2) is 4.79 Å². The van der Waals surface area contributed by atoms with Crippen LogP contribution in [0.3, 0.4) is 0 Å². The Kier molecular flexibility index (Phi) is 3.07. The number of fused-ring (bicyclic) bond motifs is 1. The predicted molar refractivity (Wildman–Crippen MR) is 53.4 cm³/mol. The number of carbonyl (C=O) groups is 1. The van der Waals surface area contributed by atoms with Crippen molar-refractivity contribution in [3.05, 3.63) is 12.2 Å². The van der Waals surface area contributed by atoms with Gasteiger partial charge < -0.3 is 14.2 Å². The van der Waals surface area contributed by atoms with Crippen LogP contribution >= 0.6 is 0 Å². The quantitative estimate of drug-likeness (QED) is 0.504. The van der Waals surface area contributed by atoms with Crippen molar-refractivity contribution in [3.8, 4) is 0 Å². The topological polar surface area (TPSA) is 44.8 Å². The van der Waals surface area contributed by atoms with Gasteiger partial charge in [0.1, 0.15) is 6.10 Å². The summed E-state index contributed by atoms with van der Waals surface area (Å²) in [5.74, 6) is 0.0152. The van der Waals surface area contributed by atoms with E-state index in [0.717, 1.165) is 13.0 Å². The molecule has 0 aromatic carbocycles. The largest absolute Gasteiger partial charge is 0.454 e. The molecule has 0 N–H and O–H groups in total. The molecule has 0 aromatic heterocycles. The fourth-order valence-electron chi connectivity index (χ4n) is 2.01. The zero-order valence-electron chi connectivity index (χ0n) is 8.90.